The van der Waals surface area contributed by atoms with Crippen molar-refractivity contribution in [1.29, 1.82) is 0 Å². The molecule has 1 saturated heterocycles. The smallest absolute Gasteiger partial charge is 0.315 e. The number of fused-ring (bicyclic) bond motifs is 7. The highest BCUT2D eigenvalue weighted by Crippen LogP contribution is 2.75. The van der Waals surface area contributed by atoms with E-state index in [0.29, 0.717) is 32.1 Å². The molecule has 1 heterocycles. The minimum absolute atomic E-state index is 0.00392. The summed E-state index contributed by atoms with van der Waals surface area (Å²) in [5, 5.41) is 64.1. The maximum atomic E-state index is 14.3. The molecule has 14 atom stereocenters. The third-order valence-corrected chi connectivity index (χ3v) is 14.5. The van der Waals surface area contributed by atoms with E-state index in [1.54, 1.807) is 6.92 Å². The number of hydrogen-bond donors (Lipinski definition) is 6. The van der Waals surface area contributed by atoms with Crippen LogP contribution in [0.1, 0.15) is 92.9 Å². The Hall–Kier alpha value is -1.40. The van der Waals surface area contributed by atoms with Gasteiger partial charge in [-0.15, -0.1) is 0 Å². The lowest BCUT2D eigenvalue weighted by Crippen LogP contribution is -2.71. The van der Waals surface area contributed by atoms with E-state index in [-0.39, 0.29) is 36.1 Å². The zero-order chi connectivity index (χ0) is 33.1. The van der Waals surface area contributed by atoms with E-state index in [1.165, 1.54) is 5.57 Å². The Balaban J connectivity index is 1.39. The second-order valence-electron chi connectivity index (χ2n) is 17.4. The molecule has 10 heteroatoms. The van der Waals surface area contributed by atoms with E-state index in [0.717, 1.165) is 12.8 Å². The molecule has 5 aliphatic carbocycles. The Labute approximate surface area is 266 Å². The van der Waals surface area contributed by atoms with Crippen molar-refractivity contribution in [2.45, 2.75) is 130 Å². The molecule has 0 amide bonds. The molecule has 6 N–H and O–H groups in total. The number of carbonyl (C=O) groups excluding carboxylic acids is 2. The zero-order valence-electron chi connectivity index (χ0n) is 27.7. The summed E-state index contributed by atoms with van der Waals surface area (Å²) in [4.78, 5) is 27.6. The SMILES string of the molecule is CC1(C)CCC2(C(=O)OC3OCC(O)C(O)C3O)CCC3(C)C(=CCC4C5(C)CC(=O)C(O)C(C)(CO)C5C(O)CC43C)C2C1. The van der Waals surface area contributed by atoms with Gasteiger partial charge in [-0.1, -0.05) is 53.2 Å². The Bertz CT molecular complexity index is 1260. The van der Waals surface area contributed by atoms with Gasteiger partial charge in [0.05, 0.1) is 24.7 Å². The van der Waals surface area contributed by atoms with Gasteiger partial charge in [0.25, 0.3) is 0 Å². The van der Waals surface area contributed by atoms with Crippen molar-refractivity contribution in [2.75, 3.05) is 13.2 Å². The number of carbonyl (C=O) groups is 2. The highest BCUT2D eigenvalue weighted by Gasteiger charge is 2.72. The summed E-state index contributed by atoms with van der Waals surface area (Å²) in [5.74, 6) is -1.34. The molecule has 0 bridgehead atoms. The summed E-state index contributed by atoms with van der Waals surface area (Å²) in [6, 6.07) is 0. The predicted octanol–water partition coefficient (Wildman–Crippen LogP) is 2.25. The molecule has 10 nitrogen and oxygen atoms in total. The van der Waals surface area contributed by atoms with Crippen LogP contribution in [0.3, 0.4) is 0 Å². The number of aliphatic hydroxyl groups is 6. The van der Waals surface area contributed by atoms with E-state index in [4.69, 9.17) is 9.47 Å². The molecule has 14 unspecified atom stereocenters. The Morgan fingerprint density at radius 3 is 2.27 bits per heavy atom. The van der Waals surface area contributed by atoms with Crippen molar-refractivity contribution in [3.05, 3.63) is 11.6 Å². The number of hydrogen-bond acceptors (Lipinski definition) is 10. The van der Waals surface area contributed by atoms with Crippen molar-refractivity contribution in [1.82, 2.24) is 0 Å². The molecular weight excluding hydrogens is 580 g/mol. The topological polar surface area (TPSA) is 174 Å². The number of aliphatic hydroxyl groups excluding tert-OH is 6. The normalized spacial score (nSPS) is 54.1. The van der Waals surface area contributed by atoms with E-state index in [9.17, 15) is 40.2 Å². The van der Waals surface area contributed by atoms with Crippen molar-refractivity contribution in [2.24, 2.45) is 50.2 Å². The molecular formula is C35H54O10. The van der Waals surface area contributed by atoms with Crippen LogP contribution in [0.4, 0.5) is 0 Å². The van der Waals surface area contributed by atoms with Gasteiger partial charge < -0.3 is 40.1 Å². The average Bonchev–Trinajstić information content (AvgIpc) is 2.96. The number of ketones is 1. The van der Waals surface area contributed by atoms with Gasteiger partial charge in [-0.2, -0.15) is 0 Å². The number of allylic oxidation sites excluding steroid dienone is 2. The quantitative estimate of drug-likeness (QED) is 0.200. The van der Waals surface area contributed by atoms with Crippen LogP contribution in [-0.4, -0.2) is 92.4 Å². The summed E-state index contributed by atoms with van der Waals surface area (Å²) in [6.45, 7) is 12.1. The summed E-state index contributed by atoms with van der Waals surface area (Å²) in [6.07, 6.45) is -0.914. The van der Waals surface area contributed by atoms with E-state index in [1.807, 2.05) is 0 Å². The standard InChI is InChI=1S/C35H54O10/c1-30(2)9-11-35(29(43)45-28-25(41)24(40)22(39)16-44-28)12-10-33(5)18(19(35)13-30)7-8-23-31(3)14-21(38)27(42)32(4,17-36)26(31)20(37)15-34(23,33)6/h7,19-20,22-28,36-37,39-42H,8-17H2,1-6H3. The van der Waals surface area contributed by atoms with Crippen LogP contribution < -0.4 is 0 Å². The first-order valence-electron chi connectivity index (χ1n) is 16.9. The van der Waals surface area contributed by atoms with Gasteiger partial charge in [-0.3, -0.25) is 9.59 Å². The van der Waals surface area contributed by atoms with E-state index >= 15 is 0 Å². The highest BCUT2D eigenvalue weighted by molar-refractivity contribution is 5.86. The second-order valence-corrected chi connectivity index (χ2v) is 17.4. The lowest BCUT2D eigenvalue weighted by Gasteiger charge is -2.71. The zero-order valence-corrected chi connectivity index (χ0v) is 27.7. The second kappa shape index (κ2) is 10.5. The van der Waals surface area contributed by atoms with Crippen LogP contribution in [0.2, 0.25) is 0 Å². The summed E-state index contributed by atoms with van der Waals surface area (Å²) < 4.78 is 11.3. The minimum atomic E-state index is -1.56. The van der Waals surface area contributed by atoms with Crippen LogP contribution in [0.15, 0.2) is 11.6 Å². The van der Waals surface area contributed by atoms with Crippen molar-refractivity contribution < 1.29 is 49.7 Å². The molecule has 0 radical (unpaired) electrons. The fourth-order valence-corrected chi connectivity index (χ4v) is 11.8. The molecule has 5 fully saturated rings. The molecule has 254 valence electrons. The molecule has 0 aromatic carbocycles. The third-order valence-electron chi connectivity index (χ3n) is 14.5. The van der Waals surface area contributed by atoms with Crippen LogP contribution in [-0.2, 0) is 19.1 Å². The van der Waals surface area contributed by atoms with Crippen LogP contribution in [0.5, 0.6) is 0 Å². The van der Waals surface area contributed by atoms with Crippen molar-refractivity contribution >= 4 is 11.8 Å². The van der Waals surface area contributed by atoms with Crippen molar-refractivity contribution in [3.63, 3.8) is 0 Å². The maximum Gasteiger partial charge on any atom is 0.315 e. The molecule has 4 saturated carbocycles. The maximum absolute atomic E-state index is 14.3. The Morgan fingerprint density at radius 1 is 0.933 bits per heavy atom. The highest BCUT2D eigenvalue weighted by atomic mass is 16.7. The largest absolute Gasteiger partial charge is 0.432 e. The van der Waals surface area contributed by atoms with Crippen LogP contribution in [0.25, 0.3) is 0 Å². The summed E-state index contributed by atoms with van der Waals surface area (Å²) in [7, 11) is 0. The first kappa shape index (κ1) is 33.5. The summed E-state index contributed by atoms with van der Waals surface area (Å²) in [5.41, 5.74) is -2.32. The van der Waals surface area contributed by atoms with Gasteiger partial charge in [-0.05, 0) is 78.4 Å². The Morgan fingerprint density at radius 2 is 1.60 bits per heavy atom. The molecule has 6 rings (SSSR count). The molecule has 6 aliphatic rings. The molecule has 0 spiro atoms. The van der Waals surface area contributed by atoms with Gasteiger partial charge in [0, 0.05) is 17.8 Å². The minimum Gasteiger partial charge on any atom is -0.432 e. The van der Waals surface area contributed by atoms with Crippen LogP contribution in [0, 0.1) is 50.2 Å². The lowest BCUT2D eigenvalue weighted by atomic mass is 9.33. The molecule has 45 heavy (non-hydrogen) atoms. The van der Waals surface area contributed by atoms with Gasteiger partial charge in [0.15, 0.2) is 5.78 Å². The van der Waals surface area contributed by atoms with E-state index in [2.05, 4.69) is 40.7 Å². The number of ether oxygens (including phenoxy) is 2. The van der Waals surface area contributed by atoms with Gasteiger partial charge >= 0.3 is 5.97 Å². The van der Waals surface area contributed by atoms with Gasteiger partial charge in [0.2, 0.25) is 6.29 Å². The third kappa shape index (κ3) is 4.45. The fraction of sp³-hybridized carbons (Fsp3) is 0.886. The monoisotopic (exact) mass is 634 g/mol. The van der Waals surface area contributed by atoms with Gasteiger partial charge in [0.1, 0.15) is 24.4 Å². The number of rotatable bonds is 3. The van der Waals surface area contributed by atoms with Crippen LogP contribution >= 0.6 is 0 Å². The first-order valence-corrected chi connectivity index (χ1v) is 16.9. The molecule has 1 aliphatic heterocycles. The van der Waals surface area contributed by atoms with Crippen molar-refractivity contribution in [3.8, 4) is 0 Å². The number of esters is 1. The average molecular weight is 635 g/mol. The summed E-state index contributed by atoms with van der Waals surface area (Å²) >= 11 is 0. The predicted molar refractivity (Wildman–Crippen MR) is 162 cm³/mol. The van der Waals surface area contributed by atoms with Gasteiger partial charge in [-0.25, -0.2) is 0 Å². The Kier molecular flexibility index (Phi) is 7.85. The molecule has 0 aromatic rings. The fourth-order valence-electron chi connectivity index (χ4n) is 11.8. The lowest BCUT2D eigenvalue weighted by molar-refractivity contribution is -0.271. The molecule has 0 aromatic heterocycles. The van der Waals surface area contributed by atoms with E-state index < -0.39 is 82.4 Å². The first-order chi connectivity index (χ1) is 20.8. The number of Topliss-reactive ketones (excluding diaryl/α,β-unsaturated/α-hetero) is 1.